The third-order valence-corrected chi connectivity index (χ3v) is 2.91. The largest absolute Gasteiger partial charge is 0.492 e. The van der Waals surface area contributed by atoms with Gasteiger partial charge in [0, 0.05) is 23.5 Å². The first-order chi connectivity index (χ1) is 8.83. The summed E-state index contributed by atoms with van der Waals surface area (Å²) >= 11 is 8.88. The highest BCUT2D eigenvalue weighted by Crippen LogP contribution is 2.15. The summed E-state index contributed by atoms with van der Waals surface area (Å²) in [5.41, 5.74) is 0. The predicted octanol–water partition coefficient (Wildman–Crippen LogP) is 3.06. The lowest BCUT2D eigenvalue weighted by molar-refractivity contribution is 0.146. The summed E-state index contributed by atoms with van der Waals surface area (Å²) in [7, 11) is 0. The van der Waals surface area contributed by atoms with Gasteiger partial charge in [-0.2, -0.15) is 0 Å². The lowest BCUT2D eigenvalue weighted by Gasteiger charge is -2.07. The predicted molar refractivity (Wildman–Crippen MR) is 78.7 cm³/mol. The molecular weight excluding hydrogens is 318 g/mol. The van der Waals surface area contributed by atoms with Crippen molar-refractivity contribution in [3.05, 3.63) is 28.7 Å². The fraction of sp³-hybridized carbons (Fsp3) is 0.538. The molecule has 1 N–H and O–H groups in total. The molecule has 3 nitrogen and oxygen atoms in total. The number of rotatable bonds is 10. The minimum absolute atomic E-state index is 0.564. The normalized spacial score (nSPS) is 10.6. The van der Waals surface area contributed by atoms with Crippen molar-refractivity contribution in [2.24, 2.45) is 0 Å². The maximum atomic E-state index is 5.57. The second kappa shape index (κ2) is 10.6. The summed E-state index contributed by atoms with van der Waals surface area (Å²) in [6.07, 6.45) is 0.995. The van der Waals surface area contributed by atoms with E-state index < -0.39 is 0 Å². The highest BCUT2D eigenvalue weighted by molar-refractivity contribution is 9.10. The number of ether oxygens (including phenoxy) is 2. The van der Waals surface area contributed by atoms with E-state index in [1.54, 1.807) is 0 Å². The SMILES string of the molecule is ClCCOCCCNCCOc1ccc(Br)cc1. The molecule has 5 heteroatoms. The Bertz CT molecular complexity index is 308. The fourth-order valence-electron chi connectivity index (χ4n) is 1.35. The Kier molecular flexibility index (Phi) is 9.30. The summed E-state index contributed by atoms with van der Waals surface area (Å²) in [6, 6.07) is 7.84. The zero-order valence-electron chi connectivity index (χ0n) is 10.3. The Hall–Kier alpha value is -0.290. The molecule has 0 saturated carbocycles. The molecule has 1 aromatic rings. The lowest BCUT2D eigenvalue weighted by atomic mass is 10.3. The second-order valence-corrected chi connectivity index (χ2v) is 5.00. The van der Waals surface area contributed by atoms with Crippen molar-refractivity contribution in [1.82, 2.24) is 5.32 Å². The van der Waals surface area contributed by atoms with Crippen molar-refractivity contribution >= 4 is 27.5 Å². The average molecular weight is 337 g/mol. The average Bonchev–Trinajstić information content (AvgIpc) is 2.39. The molecule has 0 atom stereocenters. The van der Waals surface area contributed by atoms with E-state index >= 15 is 0 Å². The smallest absolute Gasteiger partial charge is 0.119 e. The fourth-order valence-corrected chi connectivity index (χ4v) is 1.73. The van der Waals surface area contributed by atoms with Gasteiger partial charge in [0.15, 0.2) is 0 Å². The van der Waals surface area contributed by atoms with Crippen molar-refractivity contribution in [2.45, 2.75) is 6.42 Å². The Labute approximate surface area is 122 Å². The second-order valence-electron chi connectivity index (χ2n) is 3.71. The highest BCUT2D eigenvalue weighted by atomic mass is 79.9. The molecule has 0 aromatic heterocycles. The summed E-state index contributed by atoms with van der Waals surface area (Å²) in [6.45, 7) is 3.84. The molecule has 0 radical (unpaired) electrons. The van der Waals surface area contributed by atoms with Crippen LogP contribution in [0.2, 0.25) is 0 Å². The maximum absolute atomic E-state index is 5.57. The monoisotopic (exact) mass is 335 g/mol. The van der Waals surface area contributed by atoms with E-state index in [1.165, 1.54) is 0 Å². The van der Waals surface area contributed by atoms with Gasteiger partial charge in [-0.25, -0.2) is 0 Å². The van der Waals surface area contributed by atoms with Gasteiger partial charge in [-0.15, -0.1) is 11.6 Å². The van der Waals surface area contributed by atoms with E-state index in [0.29, 0.717) is 19.1 Å². The van der Waals surface area contributed by atoms with Crippen LogP contribution in [0.15, 0.2) is 28.7 Å². The molecular formula is C13H19BrClNO2. The summed E-state index contributed by atoms with van der Waals surface area (Å²) in [5.74, 6) is 1.46. The van der Waals surface area contributed by atoms with Crippen molar-refractivity contribution in [1.29, 1.82) is 0 Å². The minimum Gasteiger partial charge on any atom is -0.492 e. The van der Waals surface area contributed by atoms with Gasteiger partial charge in [0.05, 0.1) is 6.61 Å². The molecule has 0 aliphatic rings. The van der Waals surface area contributed by atoms with Gasteiger partial charge in [0.1, 0.15) is 12.4 Å². The van der Waals surface area contributed by atoms with Crippen molar-refractivity contribution in [2.75, 3.05) is 38.8 Å². The van der Waals surface area contributed by atoms with Gasteiger partial charge >= 0.3 is 0 Å². The van der Waals surface area contributed by atoms with Crippen LogP contribution in [0.5, 0.6) is 5.75 Å². The summed E-state index contributed by atoms with van der Waals surface area (Å²) in [5, 5.41) is 3.30. The zero-order chi connectivity index (χ0) is 13.1. The molecule has 0 bridgehead atoms. The van der Waals surface area contributed by atoms with Crippen LogP contribution in [0.25, 0.3) is 0 Å². The van der Waals surface area contributed by atoms with E-state index in [4.69, 9.17) is 21.1 Å². The van der Waals surface area contributed by atoms with Gasteiger partial charge in [-0.3, -0.25) is 0 Å². The number of hydrogen-bond acceptors (Lipinski definition) is 3. The van der Waals surface area contributed by atoms with Gasteiger partial charge < -0.3 is 14.8 Å². The first-order valence-electron chi connectivity index (χ1n) is 6.05. The van der Waals surface area contributed by atoms with Gasteiger partial charge in [0.25, 0.3) is 0 Å². The van der Waals surface area contributed by atoms with Crippen LogP contribution in [0.4, 0.5) is 0 Å². The Balaban J connectivity index is 1.91. The summed E-state index contributed by atoms with van der Waals surface area (Å²) in [4.78, 5) is 0. The van der Waals surface area contributed by atoms with Crippen LogP contribution in [0.3, 0.4) is 0 Å². The lowest BCUT2D eigenvalue weighted by Crippen LogP contribution is -2.23. The van der Waals surface area contributed by atoms with Crippen molar-refractivity contribution in [3.8, 4) is 5.75 Å². The van der Waals surface area contributed by atoms with Gasteiger partial charge in [-0.05, 0) is 37.2 Å². The van der Waals surface area contributed by atoms with Crippen LogP contribution >= 0.6 is 27.5 Å². The van der Waals surface area contributed by atoms with Crippen LogP contribution in [-0.4, -0.2) is 38.8 Å². The summed E-state index contributed by atoms with van der Waals surface area (Å²) < 4.78 is 11.9. The number of nitrogens with one attached hydrogen (secondary N) is 1. The van der Waals surface area contributed by atoms with E-state index in [2.05, 4.69) is 21.2 Å². The van der Waals surface area contributed by atoms with Crippen molar-refractivity contribution < 1.29 is 9.47 Å². The molecule has 0 saturated heterocycles. The third kappa shape index (κ3) is 7.93. The van der Waals surface area contributed by atoms with Crippen LogP contribution in [0.1, 0.15) is 6.42 Å². The minimum atomic E-state index is 0.564. The molecule has 0 aliphatic carbocycles. The van der Waals surface area contributed by atoms with Gasteiger partial charge in [-0.1, -0.05) is 15.9 Å². The Morgan fingerprint density at radius 3 is 2.56 bits per heavy atom. The maximum Gasteiger partial charge on any atom is 0.119 e. The molecule has 0 unspecified atom stereocenters. The van der Waals surface area contributed by atoms with Crippen LogP contribution in [-0.2, 0) is 4.74 Å². The van der Waals surface area contributed by atoms with E-state index in [1.807, 2.05) is 24.3 Å². The number of alkyl halides is 1. The number of benzene rings is 1. The third-order valence-electron chi connectivity index (χ3n) is 2.22. The molecule has 0 fully saturated rings. The van der Waals surface area contributed by atoms with Crippen molar-refractivity contribution in [3.63, 3.8) is 0 Å². The molecule has 0 amide bonds. The van der Waals surface area contributed by atoms with Gasteiger partial charge in [0.2, 0.25) is 0 Å². The van der Waals surface area contributed by atoms with E-state index in [9.17, 15) is 0 Å². The van der Waals surface area contributed by atoms with Crippen LogP contribution < -0.4 is 10.1 Å². The Morgan fingerprint density at radius 2 is 1.83 bits per heavy atom. The highest BCUT2D eigenvalue weighted by Gasteiger charge is 1.94. The molecule has 0 spiro atoms. The zero-order valence-corrected chi connectivity index (χ0v) is 12.7. The Morgan fingerprint density at radius 1 is 1.06 bits per heavy atom. The molecule has 0 aliphatic heterocycles. The standard InChI is InChI=1S/C13H19BrClNO2/c14-12-2-4-13(5-3-12)18-11-8-16-7-1-9-17-10-6-15/h2-5,16H,1,6-11H2. The number of hydrogen-bond donors (Lipinski definition) is 1. The van der Waals surface area contributed by atoms with E-state index in [0.717, 1.165) is 36.3 Å². The molecule has 1 aromatic carbocycles. The first-order valence-corrected chi connectivity index (χ1v) is 7.38. The van der Waals surface area contributed by atoms with Crippen LogP contribution in [0, 0.1) is 0 Å². The quantitative estimate of drug-likeness (QED) is 0.526. The molecule has 102 valence electrons. The molecule has 0 heterocycles. The van der Waals surface area contributed by atoms with E-state index in [-0.39, 0.29) is 0 Å². The molecule has 18 heavy (non-hydrogen) atoms. The topological polar surface area (TPSA) is 30.5 Å². The number of halogens is 2. The molecule has 1 rings (SSSR count). The first kappa shape index (κ1) is 15.8.